The first-order valence-electron chi connectivity index (χ1n) is 12.5. The zero-order chi connectivity index (χ0) is 27.4. The number of allylic oxidation sites excluding steroid dienone is 4. The van der Waals surface area contributed by atoms with E-state index in [1.807, 2.05) is 63.5 Å². The minimum atomic E-state index is 0.715. The van der Waals surface area contributed by atoms with Gasteiger partial charge in [0.25, 0.3) is 0 Å². The molecule has 0 amide bonds. The van der Waals surface area contributed by atoms with Gasteiger partial charge in [0.15, 0.2) is 0 Å². The van der Waals surface area contributed by atoms with E-state index in [1.54, 1.807) is 6.20 Å². The van der Waals surface area contributed by atoms with Gasteiger partial charge in [0, 0.05) is 67.8 Å². The number of hydrogen-bond donors (Lipinski definition) is 4. The van der Waals surface area contributed by atoms with Crippen molar-refractivity contribution in [2.45, 2.75) is 26.7 Å². The number of hydrogen-bond acceptors (Lipinski definition) is 6. The maximum atomic E-state index is 4.42. The van der Waals surface area contributed by atoms with Crippen LogP contribution < -0.4 is 21.3 Å². The van der Waals surface area contributed by atoms with Crippen LogP contribution in [-0.2, 0) is 0 Å². The number of rotatable bonds is 15. The van der Waals surface area contributed by atoms with Crippen LogP contribution in [0.5, 0.6) is 0 Å². The van der Waals surface area contributed by atoms with Crippen molar-refractivity contribution < 1.29 is 0 Å². The predicted octanol–water partition coefficient (Wildman–Crippen LogP) is 6.71. The molecule has 6 nitrogen and oxygen atoms in total. The standard InChI is InChI=1S/C31H42N6/c1-10-12-17-34-22(3)13-15-28(11-2)35-24(5)23(4)30-19-26(14-16-31(30)32-7)27-18-29(21-33-20-27)36-25(6)37(8)9/h11,13-16,18-21,32,34-36H,3-6,10,12,17H2,1-2,7-9H3/b15-13-,28-11+. The molecule has 0 unspecified atom stereocenters. The van der Waals surface area contributed by atoms with E-state index in [-0.39, 0.29) is 0 Å². The first-order chi connectivity index (χ1) is 17.7. The van der Waals surface area contributed by atoms with Crippen molar-refractivity contribution in [3.8, 4) is 11.1 Å². The summed E-state index contributed by atoms with van der Waals surface area (Å²) in [7, 11) is 5.79. The summed E-state index contributed by atoms with van der Waals surface area (Å²) in [6.07, 6.45) is 11.8. The van der Waals surface area contributed by atoms with Gasteiger partial charge in [-0.2, -0.15) is 0 Å². The van der Waals surface area contributed by atoms with Crippen LogP contribution in [0.3, 0.4) is 0 Å². The molecule has 0 bridgehead atoms. The van der Waals surface area contributed by atoms with Crippen molar-refractivity contribution in [1.82, 2.24) is 20.5 Å². The Kier molecular flexibility index (Phi) is 11.3. The van der Waals surface area contributed by atoms with E-state index in [1.165, 1.54) is 0 Å². The van der Waals surface area contributed by atoms with Gasteiger partial charge in [0.1, 0.15) is 0 Å². The van der Waals surface area contributed by atoms with E-state index in [9.17, 15) is 0 Å². The average molecular weight is 499 g/mol. The third-order valence-electron chi connectivity index (χ3n) is 5.83. The van der Waals surface area contributed by atoms with Gasteiger partial charge in [-0.25, -0.2) is 0 Å². The Balaban J connectivity index is 2.22. The maximum absolute atomic E-state index is 4.42. The van der Waals surface area contributed by atoms with Crippen molar-refractivity contribution in [3.05, 3.63) is 110 Å². The molecule has 0 aliphatic rings. The quantitative estimate of drug-likeness (QED) is 0.162. The number of benzene rings is 1. The largest absolute Gasteiger partial charge is 0.388 e. The van der Waals surface area contributed by atoms with Crippen LogP contribution in [0.4, 0.5) is 11.4 Å². The normalized spacial score (nSPS) is 11.1. The highest BCUT2D eigenvalue weighted by atomic mass is 15.2. The molecule has 2 rings (SSSR count). The van der Waals surface area contributed by atoms with Gasteiger partial charge in [0.2, 0.25) is 0 Å². The highest BCUT2D eigenvalue weighted by Crippen LogP contribution is 2.32. The molecule has 0 fully saturated rings. The molecule has 0 saturated carbocycles. The summed E-state index contributed by atoms with van der Waals surface area (Å²) in [5.41, 5.74) is 8.10. The van der Waals surface area contributed by atoms with Crippen LogP contribution in [0.1, 0.15) is 32.3 Å². The van der Waals surface area contributed by atoms with Gasteiger partial charge in [-0.3, -0.25) is 4.98 Å². The summed E-state index contributed by atoms with van der Waals surface area (Å²) in [5, 5.41) is 13.3. The van der Waals surface area contributed by atoms with Crippen LogP contribution in [0, 0.1) is 0 Å². The number of unbranched alkanes of at least 4 members (excludes halogenated alkanes) is 1. The van der Waals surface area contributed by atoms with E-state index in [0.717, 1.165) is 70.2 Å². The van der Waals surface area contributed by atoms with Gasteiger partial charge in [-0.05, 0) is 54.8 Å². The lowest BCUT2D eigenvalue weighted by Gasteiger charge is -2.19. The Morgan fingerprint density at radius 2 is 1.78 bits per heavy atom. The highest BCUT2D eigenvalue weighted by Gasteiger charge is 2.12. The summed E-state index contributed by atoms with van der Waals surface area (Å²) in [5.74, 6) is 0.787. The van der Waals surface area contributed by atoms with E-state index in [0.29, 0.717) is 5.70 Å². The van der Waals surface area contributed by atoms with Crippen LogP contribution in [0.2, 0.25) is 0 Å². The average Bonchev–Trinajstić information content (AvgIpc) is 2.90. The molecule has 1 heterocycles. The lowest BCUT2D eigenvalue weighted by atomic mass is 9.97. The smallest absolute Gasteiger partial charge is 0.0978 e. The molecule has 2 aromatic rings. The van der Waals surface area contributed by atoms with Crippen molar-refractivity contribution in [1.29, 1.82) is 0 Å². The first-order valence-corrected chi connectivity index (χ1v) is 12.5. The summed E-state index contributed by atoms with van der Waals surface area (Å²) in [4.78, 5) is 6.34. The Hall–Kier alpha value is -4.19. The van der Waals surface area contributed by atoms with Gasteiger partial charge in [-0.1, -0.05) is 51.8 Å². The van der Waals surface area contributed by atoms with Gasteiger partial charge in [-0.15, -0.1) is 0 Å². The number of anilines is 2. The second-order valence-electron chi connectivity index (χ2n) is 8.90. The van der Waals surface area contributed by atoms with E-state index < -0.39 is 0 Å². The van der Waals surface area contributed by atoms with Crippen molar-refractivity contribution in [3.63, 3.8) is 0 Å². The zero-order valence-corrected chi connectivity index (χ0v) is 23.0. The molecule has 1 aromatic carbocycles. The minimum Gasteiger partial charge on any atom is -0.388 e. The van der Waals surface area contributed by atoms with Gasteiger partial charge < -0.3 is 26.2 Å². The predicted molar refractivity (Wildman–Crippen MR) is 162 cm³/mol. The van der Waals surface area contributed by atoms with Crippen LogP contribution >= 0.6 is 0 Å². The Morgan fingerprint density at radius 3 is 2.43 bits per heavy atom. The third kappa shape index (κ3) is 8.76. The molecule has 0 aliphatic heterocycles. The molecule has 37 heavy (non-hydrogen) atoms. The summed E-state index contributed by atoms with van der Waals surface area (Å²) in [6, 6.07) is 8.27. The zero-order valence-electron chi connectivity index (χ0n) is 23.0. The minimum absolute atomic E-state index is 0.715. The highest BCUT2D eigenvalue weighted by molar-refractivity contribution is 5.86. The maximum Gasteiger partial charge on any atom is 0.0978 e. The van der Waals surface area contributed by atoms with Crippen molar-refractivity contribution in [2.24, 2.45) is 0 Å². The lowest BCUT2D eigenvalue weighted by Crippen LogP contribution is -2.16. The summed E-state index contributed by atoms with van der Waals surface area (Å²) >= 11 is 0. The second-order valence-corrected chi connectivity index (χ2v) is 8.90. The number of nitrogens with one attached hydrogen (secondary N) is 4. The molecule has 6 heteroatoms. The molecule has 4 N–H and O–H groups in total. The molecule has 0 spiro atoms. The summed E-state index contributed by atoms with van der Waals surface area (Å²) < 4.78 is 0. The fourth-order valence-corrected chi connectivity index (χ4v) is 3.43. The molecule has 196 valence electrons. The van der Waals surface area contributed by atoms with E-state index >= 15 is 0 Å². The third-order valence-corrected chi connectivity index (χ3v) is 5.83. The van der Waals surface area contributed by atoms with Crippen LogP contribution in [0.25, 0.3) is 16.7 Å². The molecular weight excluding hydrogens is 456 g/mol. The monoisotopic (exact) mass is 498 g/mol. The number of aromatic nitrogens is 1. The fraction of sp³-hybridized carbons (Fsp3) is 0.258. The second kappa shape index (κ2) is 14.4. The van der Waals surface area contributed by atoms with E-state index in [4.69, 9.17) is 0 Å². The summed E-state index contributed by atoms with van der Waals surface area (Å²) in [6.45, 7) is 21.8. The Bertz CT molecular complexity index is 1190. The molecule has 0 atom stereocenters. The van der Waals surface area contributed by atoms with Gasteiger partial charge in [0.05, 0.1) is 17.7 Å². The van der Waals surface area contributed by atoms with Crippen molar-refractivity contribution >= 4 is 16.9 Å². The van der Waals surface area contributed by atoms with Crippen molar-refractivity contribution in [2.75, 3.05) is 38.3 Å². The molecule has 0 aliphatic carbocycles. The molecule has 0 saturated heterocycles. The van der Waals surface area contributed by atoms with Crippen LogP contribution in [-0.4, -0.2) is 37.6 Å². The number of pyridine rings is 1. The fourth-order valence-electron chi connectivity index (χ4n) is 3.43. The molecule has 1 aromatic heterocycles. The van der Waals surface area contributed by atoms with Gasteiger partial charge >= 0.3 is 0 Å². The SMILES string of the molecule is C=C(/C=C\C(=C/C)NC(=C)C(=C)c1cc(-c2cncc(NC(=C)N(C)C)c2)ccc1NC)NCCCC. The Labute approximate surface area is 223 Å². The van der Waals surface area contributed by atoms with E-state index in [2.05, 4.69) is 77.7 Å². The lowest BCUT2D eigenvalue weighted by molar-refractivity contribution is 0.521. The van der Waals surface area contributed by atoms with Crippen LogP contribution in [0.15, 0.2) is 104 Å². The first kappa shape index (κ1) is 29.0. The number of nitrogens with zero attached hydrogens (tertiary/aromatic N) is 2. The molecular formula is C31H42N6. The Morgan fingerprint density at radius 1 is 1.03 bits per heavy atom. The topological polar surface area (TPSA) is 64.2 Å². The molecule has 0 radical (unpaired) electrons.